The zero-order valence-corrected chi connectivity index (χ0v) is 7.60. The van der Waals surface area contributed by atoms with Crippen LogP contribution in [0.25, 0.3) is 0 Å². The molecule has 4 N–H and O–H groups in total. The Morgan fingerprint density at radius 1 is 1.69 bits per heavy atom. The maximum absolute atomic E-state index is 10.7. The fourth-order valence-electron chi connectivity index (χ4n) is 1.13. The number of hydrogen-bond donors (Lipinski definition) is 2. The van der Waals surface area contributed by atoms with E-state index < -0.39 is 11.9 Å². The van der Waals surface area contributed by atoms with E-state index in [-0.39, 0.29) is 0 Å². The number of amides is 1. The van der Waals surface area contributed by atoms with Crippen LogP contribution in [0.5, 0.6) is 0 Å². The molecule has 1 aromatic heterocycles. The van der Waals surface area contributed by atoms with Crippen molar-refractivity contribution < 1.29 is 9.36 Å². The summed E-state index contributed by atoms with van der Waals surface area (Å²) in [5.41, 5.74) is 11.6. The third-order valence-electron chi connectivity index (χ3n) is 1.82. The molecule has 1 aromatic rings. The number of pyridine rings is 1. The Balaban J connectivity index is 2.69. The molecule has 1 atom stereocenters. The molecule has 13 heavy (non-hydrogen) atoms. The average Bonchev–Trinajstić information content (AvgIpc) is 2.04. The largest absolute Gasteiger partial charge is 0.368 e. The van der Waals surface area contributed by atoms with Crippen LogP contribution in [0.1, 0.15) is 5.56 Å². The van der Waals surface area contributed by atoms with Crippen molar-refractivity contribution >= 4 is 5.91 Å². The smallest absolute Gasteiger partial charge is 0.234 e. The molecule has 1 heterocycles. The number of aryl methyl sites for hydroxylation is 1. The predicted octanol–water partition coefficient (Wildman–Crippen LogP) is -1.13. The number of primary amides is 1. The van der Waals surface area contributed by atoms with E-state index in [9.17, 15) is 4.79 Å². The van der Waals surface area contributed by atoms with Crippen LogP contribution in [0.15, 0.2) is 24.5 Å². The molecule has 0 aliphatic rings. The maximum Gasteiger partial charge on any atom is 0.234 e. The molecular weight excluding hydrogens is 166 g/mol. The summed E-state index contributed by atoms with van der Waals surface area (Å²) in [6.45, 7) is 0. The van der Waals surface area contributed by atoms with Gasteiger partial charge in [-0.15, -0.1) is 0 Å². The van der Waals surface area contributed by atoms with Gasteiger partial charge in [-0.25, -0.2) is 4.57 Å². The first-order valence-electron chi connectivity index (χ1n) is 4.08. The topological polar surface area (TPSA) is 73.0 Å². The van der Waals surface area contributed by atoms with Crippen molar-refractivity contribution in [1.82, 2.24) is 0 Å². The van der Waals surface area contributed by atoms with E-state index in [0.717, 1.165) is 5.56 Å². The molecule has 0 aromatic carbocycles. The highest BCUT2D eigenvalue weighted by molar-refractivity contribution is 5.79. The SMILES string of the molecule is C[n+]1cccc(C[C@H](N)C(N)=O)c1. The summed E-state index contributed by atoms with van der Waals surface area (Å²) in [6, 6.07) is 3.23. The molecule has 0 unspecified atom stereocenters. The van der Waals surface area contributed by atoms with Gasteiger partial charge in [-0.05, 0) is 6.07 Å². The molecular formula is C9H14N3O+. The van der Waals surface area contributed by atoms with Crippen LogP contribution < -0.4 is 16.0 Å². The van der Waals surface area contributed by atoms with Crippen LogP contribution in [0.4, 0.5) is 0 Å². The van der Waals surface area contributed by atoms with Gasteiger partial charge in [0, 0.05) is 18.1 Å². The predicted molar refractivity (Wildman–Crippen MR) is 48.5 cm³/mol. The van der Waals surface area contributed by atoms with Gasteiger partial charge in [-0.3, -0.25) is 4.79 Å². The zero-order valence-electron chi connectivity index (χ0n) is 7.60. The third-order valence-corrected chi connectivity index (χ3v) is 1.82. The Morgan fingerprint density at radius 2 is 2.38 bits per heavy atom. The van der Waals surface area contributed by atoms with Gasteiger partial charge in [-0.2, -0.15) is 0 Å². The van der Waals surface area contributed by atoms with Gasteiger partial charge in [0.15, 0.2) is 12.4 Å². The molecule has 0 radical (unpaired) electrons. The molecule has 1 amide bonds. The minimum atomic E-state index is -0.595. The zero-order chi connectivity index (χ0) is 9.84. The van der Waals surface area contributed by atoms with E-state index in [1.165, 1.54) is 0 Å². The summed E-state index contributed by atoms with van der Waals surface area (Å²) < 4.78 is 1.91. The van der Waals surface area contributed by atoms with Crippen LogP contribution >= 0.6 is 0 Å². The van der Waals surface area contributed by atoms with Crippen molar-refractivity contribution in [3.05, 3.63) is 30.1 Å². The number of rotatable bonds is 3. The highest BCUT2D eigenvalue weighted by Crippen LogP contribution is 1.97. The monoisotopic (exact) mass is 180 g/mol. The summed E-state index contributed by atoms with van der Waals surface area (Å²) in [6.07, 6.45) is 4.33. The molecule has 4 nitrogen and oxygen atoms in total. The normalized spacial score (nSPS) is 12.5. The van der Waals surface area contributed by atoms with Gasteiger partial charge in [0.2, 0.25) is 5.91 Å². The number of aromatic nitrogens is 1. The van der Waals surface area contributed by atoms with Crippen molar-refractivity contribution in [3.63, 3.8) is 0 Å². The first-order chi connectivity index (χ1) is 6.09. The van der Waals surface area contributed by atoms with E-state index in [2.05, 4.69) is 0 Å². The maximum atomic E-state index is 10.7. The van der Waals surface area contributed by atoms with Crippen molar-refractivity contribution in [2.45, 2.75) is 12.5 Å². The lowest BCUT2D eigenvalue weighted by atomic mass is 10.1. The molecule has 0 saturated carbocycles. The fourth-order valence-corrected chi connectivity index (χ4v) is 1.13. The quantitative estimate of drug-likeness (QED) is 0.577. The van der Waals surface area contributed by atoms with E-state index in [0.29, 0.717) is 6.42 Å². The van der Waals surface area contributed by atoms with Crippen molar-refractivity contribution in [2.24, 2.45) is 18.5 Å². The summed E-state index contributed by atoms with van der Waals surface area (Å²) in [5, 5.41) is 0. The van der Waals surface area contributed by atoms with Gasteiger partial charge < -0.3 is 11.5 Å². The lowest BCUT2D eigenvalue weighted by Gasteiger charge is -2.05. The second-order valence-corrected chi connectivity index (χ2v) is 3.09. The van der Waals surface area contributed by atoms with Crippen LogP contribution in [-0.2, 0) is 18.3 Å². The third kappa shape index (κ3) is 2.83. The lowest BCUT2D eigenvalue weighted by molar-refractivity contribution is -0.671. The van der Waals surface area contributed by atoms with E-state index in [4.69, 9.17) is 11.5 Å². The van der Waals surface area contributed by atoms with Gasteiger partial charge in [0.25, 0.3) is 0 Å². The highest BCUT2D eigenvalue weighted by Gasteiger charge is 2.11. The molecule has 0 saturated heterocycles. The van der Waals surface area contributed by atoms with Crippen molar-refractivity contribution in [2.75, 3.05) is 0 Å². The first kappa shape index (κ1) is 9.67. The van der Waals surface area contributed by atoms with Crippen LogP contribution in [0, 0.1) is 0 Å². The van der Waals surface area contributed by atoms with Crippen LogP contribution in [0.3, 0.4) is 0 Å². The Bertz CT molecular complexity index is 311. The Morgan fingerprint density at radius 3 is 2.92 bits per heavy atom. The second-order valence-electron chi connectivity index (χ2n) is 3.09. The summed E-state index contributed by atoms with van der Waals surface area (Å²) in [7, 11) is 1.92. The fraction of sp³-hybridized carbons (Fsp3) is 0.333. The minimum absolute atomic E-state index is 0.466. The summed E-state index contributed by atoms with van der Waals surface area (Å²) in [4.78, 5) is 10.7. The molecule has 0 aliphatic heterocycles. The van der Waals surface area contributed by atoms with Gasteiger partial charge >= 0.3 is 0 Å². The number of nitrogens with two attached hydrogens (primary N) is 2. The number of carbonyl (C=O) groups excluding carboxylic acids is 1. The molecule has 0 fully saturated rings. The molecule has 0 aliphatic carbocycles. The van der Waals surface area contributed by atoms with Crippen molar-refractivity contribution in [3.8, 4) is 0 Å². The summed E-state index contributed by atoms with van der Waals surface area (Å²) >= 11 is 0. The van der Waals surface area contributed by atoms with Crippen LogP contribution in [0.2, 0.25) is 0 Å². The Labute approximate surface area is 77.2 Å². The van der Waals surface area contributed by atoms with Gasteiger partial charge in [-0.1, -0.05) is 0 Å². The van der Waals surface area contributed by atoms with Crippen LogP contribution in [-0.4, -0.2) is 11.9 Å². The van der Waals surface area contributed by atoms with E-state index in [1.807, 2.05) is 36.1 Å². The van der Waals surface area contributed by atoms with Gasteiger partial charge in [0.05, 0.1) is 6.04 Å². The Kier molecular flexibility index (Phi) is 2.97. The van der Waals surface area contributed by atoms with Crippen molar-refractivity contribution in [1.29, 1.82) is 0 Å². The number of carbonyl (C=O) groups is 1. The Hall–Kier alpha value is -1.42. The van der Waals surface area contributed by atoms with E-state index >= 15 is 0 Å². The standard InChI is InChI=1S/C9H13N3O/c1-12-4-2-3-7(6-12)5-8(10)9(11)13/h2-4,6,8H,5,10H2,1H3,(H-,11,13)/p+1/t8-/m0/s1. The second kappa shape index (κ2) is 4.00. The van der Waals surface area contributed by atoms with E-state index in [1.54, 1.807) is 0 Å². The lowest BCUT2D eigenvalue weighted by Crippen LogP contribution is -2.38. The first-order valence-corrected chi connectivity index (χ1v) is 4.08. The van der Waals surface area contributed by atoms with Gasteiger partial charge in [0.1, 0.15) is 7.05 Å². The molecule has 0 bridgehead atoms. The number of hydrogen-bond acceptors (Lipinski definition) is 2. The molecule has 1 rings (SSSR count). The highest BCUT2D eigenvalue weighted by atomic mass is 16.1. The average molecular weight is 180 g/mol. The molecule has 70 valence electrons. The molecule has 0 spiro atoms. The minimum Gasteiger partial charge on any atom is -0.368 e. The number of nitrogens with zero attached hydrogens (tertiary/aromatic N) is 1. The molecule has 4 heteroatoms. The summed E-state index contributed by atoms with van der Waals surface area (Å²) in [5.74, 6) is -0.466.